The molecule has 3 aromatic heterocycles. The predicted molar refractivity (Wildman–Crippen MR) is 119 cm³/mol. The summed E-state index contributed by atoms with van der Waals surface area (Å²) in [6, 6.07) is 1.49. The molecule has 0 radical (unpaired) electrons. The number of carbonyl (C=O) groups is 1. The van der Waals surface area contributed by atoms with Gasteiger partial charge >= 0.3 is 11.7 Å². The number of ether oxygens (including phenoxy) is 2. The SMILES string of the molecule is CCCCOCCNCC(Cn1cnc2c1c(=O)n(C)c(=O)n2C)OC(=O)c1cc(C)on1. The van der Waals surface area contributed by atoms with Gasteiger partial charge in [-0.1, -0.05) is 18.5 Å². The molecule has 3 aromatic rings. The highest BCUT2D eigenvalue weighted by molar-refractivity contribution is 5.87. The molecule has 12 heteroatoms. The Morgan fingerprint density at radius 3 is 2.73 bits per heavy atom. The molecule has 1 atom stereocenters. The molecule has 0 saturated heterocycles. The molecule has 3 rings (SSSR count). The molecule has 0 aliphatic heterocycles. The van der Waals surface area contributed by atoms with Gasteiger partial charge in [-0.25, -0.2) is 14.6 Å². The molecule has 3 heterocycles. The Labute approximate surface area is 190 Å². The maximum atomic E-state index is 12.7. The van der Waals surface area contributed by atoms with Crippen LogP contribution in [0.5, 0.6) is 0 Å². The maximum Gasteiger partial charge on any atom is 0.360 e. The third kappa shape index (κ3) is 5.76. The van der Waals surface area contributed by atoms with Crippen LogP contribution in [0.25, 0.3) is 11.2 Å². The van der Waals surface area contributed by atoms with E-state index in [2.05, 4.69) is 22.4 Å². The fourth-order valence-electron chi connectivity index (χ4n) is 3.33. The number of rotatable bonds is 12. The Bertz CT molecular complexity index is 1210. The third-order valence-electron chi connectivity index (χ3n) is 5.17. The van der Waals surface area contributed by atoms with Crippen molar-refractivity contribution in [1.82, 2.24) is 29.2 Å². The largest absolute Gasteiger partial charge is 0.454 e. The minimum atomic E-state index is -0.649. The van der Waals surface area contributed by atoms with Gasteiger partial charge in [0.25, 0.3) is 5.56 Å². The second-order valence-corrected chi connectivity index (χ2v) is 7.80. The average Bonchev–Trinajstić information content (AvgIpc) is 3.42. The van der Waals surface area contributed by atoms with E-state index in [0.717, 1.165) is 17.4 Å². The van der Waals surface area contributed by atoms with Crippen molar-refractivity contribution in [3.8, 4) is 0 Å². The molecule has 0 bridgehead atoms. The number of nitrogens with one attached hydrogen (secondary N) is 1. The Kier molecular flexibility index (Phi) is 8.17. The molecule has 180 valence electrons. The van der Waals surface area contributed by atoms with E-state index in [1.54, 1.807) is 18.5 Å². The minimum Gasteiger partial charge on any atom is -0.454 e. The number of carbonyl (C=O) groups excluding carboxylic acids is 1. The zero-order valence-electron chi connectivity index (χ0n) is 19.4. The lowest BCUT2D eigenvalue weighted by Crippen LogP contribution is -2.39. The van der Waals surface area contributed by atoms with Crippen LogP contribution in [0.2, 0.25) is 0 Å². The first-order valence-corrected chi connectivity index (χ1v) is 10.9. The first-order chi connectivity index (χ1) is 15.8. The minimum absolute atomic E-state index is 0.0641. The van der Waals surface area contributed by atoms with Crippen LogP contribution in [0.15, 0.2) is 26.5 Å². The number of aryl methyl sites for hydroxylation is 2. The third-order valence-corrected chi connectivity index (χ3v) is 5.17. The van der Waals surface area contributed by atoms with Crippen LogP contribution in [0.1, 0.15) is 36.0 Å². The molecule has 0 aliphatic carbocycles. The maximum absolute atomic E-state index is 12.7. The summed E-state index contributed by atoms with van der Waals surface area (Å²) in [4.78, 5) is 41.7. The predicted octanol–water partition coefficient (Wildman–Crippen LogP) is 0.362. The molecule has 0 spiro atoms. The second kappa shape index (κ2) is 11.1. The Hall–Kier alpha value is -3.25. The van der Waals surface area contributed by atoms with Crippen LogP contribution < -0.4 is 16.6 Å². The monoisotopic (exact) mass is 462 g/mol. The molecular weight excluding hydrogens is 432 g/mol. The summed E-state index contributed by atoms with van der Waals surface area (Å²) in [5.41, 5.74) is -0.362. The van der Waals surface area contributed by atoms with E-state index in [1.807, 2.05) is 0 Å². The van der Waals surface area contributed by atoms with E-state index in [9.17, 15) is 14.4 Å². The van der Waals surface area contributed by atoms with Crippen molar-refractivity contribution in [2.45, 2.75) is 39.3 Å². The van der Waals surface area contributed by atoms with Crippen LogP contribution in [0, 0.1) is 6.92 Å². The van der Waals surface area contributed by atoms with Crippen LogP contribution in [0.4, 0.5) is 0 Å². The van der Waals surface area contributed by atoms with E-state index >= 15 is 0 Å². The van der Waals surface area contributed by atoms with Gasteiger partial charge in [-0.2, -0.15) is 0 Å². The molecule has 1 N–H and O–H groups in total. The van der Waals surface area contributed by atoms with Crippen molar-refractivity contribution in [2.24, 2.45) is 14.1 Å². The summed E-state index contributed by atoms with van der Waals surface area (Å²) in [6.45, 7) is 6.04. The molecule has 12 nitrogen and oxygen atoms in total. The van der Waals surface area contributed by atoms with Gasteiger partial charge in [-0.15, -0.1) is 0 Å². The molecule has 0 amide bonds. The zero-order chi connectivity index (χ0) is 24.0. The van der Waals surface area contributed by atoms with E-state index in [-0.39, 0.29) is 23.4 Å². The zero-order valence-corrected chi connectivity index (χ0v) is 19.4. The van der Waals surface area contributed by atoms with Crippen molar-refractivity contribution in [2.75, 3.05) is 26.3 Å². The van der Waals surface area contributed by atoms with Crippen molar-refractivity contribution < 1.29 is 18.8 Å². The van der Waals surface area contributed by atoms with Crippen LogP contribution in [-0.4, -0.2) is 62.2 Å². The average molecular weight is 463 g/mol. The number of unbranched alkanes of at least 4 members (excludes halogenated alkanes) is 1. The van der Waals surface area contributed by atoms with Gasteiger partial charge in [0.1, 0.15) is 11.9 Å². The van der Waals surface area contributed by atoms with E-state index in [0.29, 0.717) is 32.1 Å². The normalized spacial score (nSPS) is 12.4. The van der Waals surface area contributed by atoms with E-state index in [4.69, 9.17) is 14.0 Å². The highest BCUT2D eigenvalue weighted by Gasteiger charge is 2.22. The van der Waals surface area contributed by atoms with Gasteiger partial charge < -0.3 is 23.9 Å². The topological polar surface area (TPSA) is 135 Å². The first-order valence-electron chi connectivity index (χ1n) is 10.9. The fourth-order valence-corrected chi connectivity index (χ4v) is 3.33. The molecule has 0 saturated carbocycles. The summed E-state index contributed by atoms with van der Waals surface area (Å²) < 4.78 is 20.1. The summed E-state index contributed by atoms with van der Waals surface area (Å²) >= 11 is 0. The molecule has 0 aliphatic rings. The van der Waals surface area contributed by atoms with Gasteiger partial charge in [0.2, 0.25) is 0 Å². The lowest BCUT2D eigenvalue weighted by Gasteiger charge is -2.19. The molecule has 0 fully saturated rings. The number of fused-ring (bicyclic) bond motifs is 1. The van der Waals surface area contributed by atoms with Gasteiger partial charge in [0.05, 0.1) is 19.5 Å². The Balaban J connectivity index is 1.76. The van der Waals surface area contributed by atoms with Crippen LogP contribution >= 0.6 is 0 Å². The second-order valence-electron chi connectivity index (χ2n) is 7.80. The highest BCUT2D eigenvalue weighted by atomic mass is 16.5. The van der Waals surface area contributed by atoms with E-state index in [1.165, 1.54) is 24.0 Å². The van der Waals surface area contributed by atoms with E-state index < -0.39 is 23.3 Å². The van der Waals surface area contributed by atoms with Crippen LogP contribution in [0.3, 0.4) is 0 Å². The number of imidazole rings is 1. The highest BCUT2D eigenvalue weighted by Crippen LogP contribution is 2.10. The van der Waals surface area contributed by atoms with Gasteiger partial charge in [0, 0.05) is 39.9 Å². The number of esters is 1. The molecule has 33 heavy (non-hydrogen) atoms. The quantitative estimate of drug-likeness (QED) is 0.299. The Morgan fingerprint density at radius 2 is 2.03 bits per heavy atom. The van der Waals surface area contributed by atoms with Crippen LogP contribution in [-0.2, 0) is 30.1 Å². The summed E-state index contributed by atoms with van der Waals surface area (Å²) in [5, 5.41) is 6.91. The first kappa shape index (κ1) is 24.4. The standard InChI is InChI=1S/C21H30N6O6/c1-5-6-8-31-9-7-22-11-15(32-20(29)16-10-14(2)33-24-16)12-27-13-23-18-17(27)19(28)26(4)21(30)25(18)3/h10,13,15,22H,5-9,11-12H2,1-4H3. The smallest absolute Gasteiger partial charge is 0.360 e. The number of nitrogens with zero attached hydrogens (tertiary/aromatic N) is 5. The van der Waals surface area contributed by atoms with Crippen molar-refractivity contribution in [3.05, 3.63) is 44.7 Å². The fraction of sp³-hybridized carbons (Fsp3) is 0.571. The summed E-state index contributed by atoms with van der Waals surface area (Å²) in [5.74, 6) is -0.145. The van der Waals surface area contributed by atoms with Crippen molar-refractivity contribution >= 4 is 17.1 Å². The lowest BCUT2D eigenvalue weighted by atomic mass is 10.3. The lowest BCUT2D eigenvalue weighted by molar-refractivity contribution is 0.0248. The molecule has 0 aromatic carbocycles. The van der Waals surface area contributed by atoms with Gasteiger partial charge in [-0.3, -0.25) is 13.9 Å². The van der Waals surface area contributed by atoms with Gasteiger partial charge in [-0.05, 0) is 13.3 Å². The molecular formula is C21H30N6O6. The number of hydrogen-bond donors (Lipinski definition) is 1. The van der Waals surface area contributed by atoms with Crippen molar-refractivity contribution in [3.63, 3.8) is 0 Å². The van der Waals surface area contributed by atoms with Gasteiger partial charge in [0.15, 0.2) is 16.9 Å². The Morgan fingerprint density at radius 1 is 1.24 bits per heavy atom. The van der Waals surface area contributed by atoms with Crippen molar-refractivity contribution in [1.29, 1.82) is 0 Å². The summed E-state index contributed by atoms with van der Waals surface area (Å²) in [6.07, 6.45) is 2.88. The number of aromatic nitrogens is 5. The number of hydrogen-bond acceptors (Lipinski definition) is 9. The molecule has 1 unspecified atom stereocenters. The summed E-state index contributed by atoms with van der Waals surface area (Å²) in [7, 11) is 2.96.